The predicted molar refractivity (Wildman–Crippen MR) is 58.7 cm³/mol. The Morgan fingerprint density at radius 1 is 1.40 bits per heavy atom. The van der Waals surface area contributed by atoms with Crippen molar-refractivity contribution in [3.8, 4) is 17.4 Å². The normalized spacial score (nSPS) is 10.2. The Morgan fingerprint density at radius 2 is 2.27 bits per heavy atom. The van der Waals surface area contributed by atoms with Gasteiger partial charge in [-0.15, -0.1) is 0 Å². The molecule has 5 nitrogen and oxygen atoms in total. The Balaban J connectivity index is 2.40. The number of rotatable bonds is 3. The highest BCUT2D eigenvalue weighted by Crippen LogP contribution is 2.20. The Bertz CT molecular complexity index is 443. The highest BCUT2D eigenvalue weighted by molar-refractivity contribution is 7.08. The molecule has 2 aromatic heterocycles. The highest BCUT2D eigenvalue weighted by Gasteiger charge is 2.07. The third-order valence-electron chi connectivity index (χ3n) is 1.69. The second-order valence-electron chi connectivity index (χ2n) is 2.74. The van der Waals surface area contributed by atoms with Crippen LogP contribution >= 0.6 is 11.3 Å². The maximum Gasteiger partial charge on any atom is 0.321 e. The zero-order chi connectivity index (χ0) is 10.7. The van der Waals surface area contributed by atoms with E-state index in [-0.39, 0.29) is 12.0 Å². The number of nitrogen functional groups attached to an aromatic ring is 1. The van der Waals surface area contributed by atoms with E-state index in [0.29, 0.717) is 12.4 Å². The lowest BCUT2D eigenvalue weighted by molar-refractivity contribution is 0.312. The molecule has 0 aliphatic carbocycles. The Morgan fingerprint density at radius 3 is 2.93 bits per heavy atom. The van der Waals surface area contributed by atoms with Crippen LogP contribution < -0.4 is 10.5 Å². The van der Waals surface area contributed by atoms with Gasteiger partial charge >= 0.3 is 6.01 Å². The molecule has 2 rings (SSSR count). The molecule has 0 saturated carbocycles. The Kier molecular flexibility index (Phi) is 2.77. The van der Waals surface area contributed by atoms with Crippen LogP contribution in [0.3, 0.4) is 0 Å². The smallest absolute Gasteiger partial charge is 0.321 e. The molecule has 0 aliphatic rings. The van der Waals surface area contributed by atoms with Crippen LogP contribution in [0.5, 0.6) is 6.01 Å². The lowest BCUT2D eigenvalue weighted by Gasteiger charge is -2.03. The SMILES string of the molecule is CCOc1nc(N)nc(-c2ccsc2)n1. The van der Waals surface area contributed by atoms with E-state index in [0.717, 1.165) is 5.56 Å². The predicted octanol–water partition coefficient (Wildman–Crippen LogP) is 1.58. The van der Waals surface area contributed by atoms with Gasteiger partial charge in [-0.05, 0) is 18.4 Å². The molecule has 2 N–H and O–H groups in total. The van der Waals surface area contributed by atoms with Crippen LogP contribution in [-0.4, -0.2) is 21.6 Å². The molecule has 0 fully saturated rings. The van der Waals surface area contributed by atoms with Crippen molar-refractivity contribution in [3.63, 3.8) is 0 Å². The third kappa shape index (κ3) is 2.21. The summed E-state index contributed by atoms with van der Waals surface area (Å²) in [6, 6.07) is 2.20. The van der Waals surface area contributed by atoms with Crippen LogP contribution in [0.1, 0.15) is 6.92 Å². The zero-order valence-corrected chi connectivity index (χ0v) is 8.99. The number of aromatic nitrogens is 3. The van der Waals surface area contributed by atoms with Crippen molar-refractivity contribution in [1.29, 1.82) is 0 Å². The maximum atomic E-state index is 5.56. The first-order chi connectivity index (χ1) is 7.29. The lowest BCUT2D eigenvalue weighted by Crippen LogP contribution is -2.04. The van der Waals surface area contributed by atoms with E-state index < -0.39 is 0 Å². The summed E-state index contributed by atoms with van der Waals surface area (Å²) in [4.78, 5) is 12.1. The third-order valence-corrected chi connectivity index (χ3v) is 2.37. The summed E-state index contributed by atoms with van der Waals surface area (Å²) in [7, 11) is 0. The summed E-state index contributed by atoms with van der Waals surface area (Å²) < 4.78 is 5.19. The fourth-order valence-corrected chi connectivity index (χ4v) is 1.72. The van der Waals surface area contributed by atoms with E-state index in [1.54, 1.807) is 11.3 Å². The van der Waals surface area contributed by atoms with Gasteiger partial charge in [0.25, 0.3) is 0 Å². The van der Waals surface area contributed by atoms with Crippen LogP contribution in [0.15, 0.2) is 16.8 Å². The van der Waals surface area contributed by atoms with Gasteiger partial charge in [-0.1, -0.05) is 0 Å². The molecule has 6 heteroatoms. The van der Waals surface area contributed by atoms with Crippen molar-refractivity contribution >= 4 is 17.3 Å². The number of hydrogen-bond donors (Lipinski definition) is 1. The molecule has 0 atom stereocenters. The van der Waals surface area contributed by atoms with Crippen molar-refractivity contribution in [2.24, 2.45) is 0 Å². The van der Waals surface area contributed by atoms with Gasteiger partial charge in [0.05, 0.1) is 6.61 Å². The second kappa shape index (κ2) is 4.22. The van der Waals surface area contributed by atoms with Gasteiger partial charge in [-0.2, -0.15) is 26.3 Å². The fourth-order valence-electron chi connectivity index (χ4n) is 1.09. The summed E-state index contributed by atoms with van der Waals surface area (Å²) in [5.41, 5.74) is 6.48. The zero-order valence-electron chi connectivity index (χ0n) is 8.17. The first kappa shape index (κ1) is 9.85. The minimum atomic E-state index is 0.176. The summed E-state index contributed by atoms with van der Waals surface area (Å²) in [6.45, 7) is 2.37. The van der Waals surface area contributed by atoms with Crippen molar-refractivity contribution in [3.05, 3.63) is 16.8 Å². The van der Waals surface area contributed by atoms with Crippen molar-refractivity contribution < 1.29 is 4.74 Å². The molecule has 2 aromatic rings. The molecule has 0 radical (unpaired) electrons. The van der Waals surface area contributed by atoms with E-state index >= 15 is 0 Å². The molecule has 15 heavy (non-hydrogen) atoms. The highest BCUT2D eigenvalue weighted by atomic mass is 32.1. The minimum Gasteiger partial charge on any atom is -0.464 e. The van der Waals surface area contributed by atoms with Crippen molar-refractivity contribution in [2.75, 3.05) is 12.3 Å². The van der Waals surface area contributed by atoms with Gasteiger partial charge in [0.2, 0.25) is 5.95 Å². The average Bonchev–Trinajstić information content (AvgIpc) is 2.70. The molecule has 0 unspecified atom stereocenters. The van der Waals surface area contributed by atoms with Gasteiger partial charge in [0.15, 0.2) is 5.82 Å². The lowest BCUT2D eigenvalue weighted by atomic mass is 10.3. The summed E-state index contributed by atoms with van der Waals surface area (Å²) in [6.07, 6.45) is 0. The number of thiophene rings is 1. The topological polar surface area (TPSA) is 73.9 Å². The molecular weight excluding hydrogens is 212 g/mol. The molecule has 0 aromatic carbocycles. The van der Waals surface area contributed by atoms with E-state index in [2.05, 4.69) is 15.0 Å². The number of hydrogen-bond acceptors (Lipinski definition) is 6. The number of nitrogens with zero attached hydrogens (tertiary/aromatic N) is 3. The Labute approximate surface area is 91.0 Å². The molecule has 0 bridgehead atoms. The first-order valence-corrected chi connectivity index (χ1v) is 5.41. The van der Waals surface area contributed by atoms with Crippen LogP contribution in [0.2, 0.25) is 0 Å². The molecular formula is C9H10N4OS. The van der Waals surface area contributed by atoms with Gasteiger partial charge < -0.3 is 10.5 Å². The van der Waals surface area contributed by atoms with Crippen molar-refractivity contribution in [1.82, 2.24) is 15.0 Å². The summed E-state index contributed by atoms with van der Waals surface area (Å²) in [5, 5.41) is 3.90. The average molecular weight is 222 g/mol. The number of anilines is 1. The minimum absolute atomic E-state index is 0.176. The summed E-state index contributed by atoms with van der Waals surface area (Å²) >= 11 is 1.58. The maximum absolute atomic E-state index is 5.56. The first-order valence-electron chi connectivity index (χ1n) is 4.46. The summed E-state index contributed by atoms with van der Waals surface area (Å²) in [5.74, 6) is 0.724. The van der Waals surface area contributed by atoms with Crippen LogP contribution in [0, 0.1) is 0 Å². The molecule has 0 amide bonds. The van der Waals surface area contributed by atoms with Gasteiger partial charge in [-0.3, -0.25) is 0 Å². The van der Waals surface area contributed by atoms with Crippen molar-refractivity contribution in [2.45, 2.75) is 6.92 Å². The molecule has 2 heterocycles. The largest absolute Gasteiger partial charge is 0.464 e. The quantitative estimate of drug-likeness (QED) is 0.853. The van der Waals surface area contributed by atoms with Crippen LogP contribution in [0.4, 0.5) is 5.95 Å². The van der Waals surface area contributed by atoms with Gasteiger partial charge in [-0.25, -0.2) is 0 Å². The van der Waals surface area contributed by atoms with Gasteiger partial charge in [0, 0.05) is 10.9 Å². The molecule has 0 spiro atoms. The van der Waals surface area contributed by atoms with E-state index in [9.17, 15) is 0 Å². The Hall–Kier alpha value is -1.69. The molecule has 78 valence electrons. The number of ether oxygens (including phenoxy) is 1. The van der Waals surface area contributed by atoms with E-state index in [1.807, 2.05) is 23.8 Å². The monoisotopic (exact) mass is 222 g/mol. The van der Waals surface area contributed by atoms with E-state index in [4.69, 9.17) is 10.5 Å². The molecule has 0 aliphatic heterocycles. The standard InChI is InChI=1S/C9H10N4OS/c1-2-14-9-12-7(11-8(10)13-9)6-3-4-15-5-6/h3-5H,2H2,1H3,(H2,10,11,12,13). The number of nitrogens with two attached hydrogens (primary N) is 1. The van der Waals surface area contributed by atoms with Gasteiger partial charge in [0.1, 0.15) is 0 Å². The van der Waals surface area contributed by atoms with Crippen LogP contribution in [-0.2, 0) is 0 Å². The second-order valence-corrected chi connectivity index (χ2v) is 3.52. The van der Waals surface area contributed by atoms with E-state index in [1.165, 1.54) is 0 Å². The molecule has 0 saturated heterocycles. The fraction of sp³-hybridized carbons (Fsp3) is 0.222. The van der Waals surface area contributed by atoms with Crippen LogP contribution in [0.25, 0.3) is 11.4 Å².